The number of para-hydroxylation sites is 2. The van der Waals surface area contributed by atoms with Crippen LogP contribution in [-0.4, -0.2) is 24.1 Å². The average molecular weight is 378 g/mol. The molecule has 5 rings (SSSR count). The van der Waals surface area contributed by atoms with Gasteiger partial charge in [0.05, 0.1) is 0 Å². The van der Waals surface area contributed by atoms with E-state index < -0.39 is 0 Å². The van der Waals surface area contributed by atoms with Crippen LogP contribution in [0.5, 0.6) is 11.5 Å². The lowest BCUT2D eigenvalue weighted by atomic mass is 9.93. The molecule has 0 spiro atoms. The summed E-state index contributed by atoms with van der Waals surface area (Å²) in [6.45, 7) is 2.96. The quantitative estimate of drug-likeness (QED) is 0.640. The number of fused-ring (bicyclic) bond motifs is 1. The van der Waals surface area contributed by atoms with Crippen LogP contribution in [0.15, 0.2) is 48.5 Å². The Morgan fingerprint density at radius 2 is 1.57 bits per heavy atom. The van der Waals surface area contributed by atoms with Gasteiger partial charge in [-0.3, -0.25) is 4.90 Å². The average Bonchev–Trinajstić information content (AvgIpc) is 3.58. The van der Waals surface area contributed by atoms with Gasteiger partial charge in [0.25, 0.3) is 0 Å². The zero-order valence-electron chi connectivity index (χ0n) is 16.7. The van der Waals surface area contributed by atoms with Crippen molar-refractivity contribution in [2.45, 2.75) is 63.6 Å². The van der Waals surface area contributed by atoms with Crippen molar-refractivity contribution in [1.82, 2.24) is 4.90 Å². The van der Waals surface area contributed by atoms with Crippen molar-refractivity contribution >= 4 is 0 Å². The molecule has 148 valence electrons. The van der Waals surface area contributed by atoms with Gasteiger partial charge in [-0.05, 0) is 54.9 Å². The van der Waals surface area contributed by atoms with Crippen molar-refractivity contribution in [3.63, 3.8) is 0 Å². The van der Waals surface area contributed by atoms with E-state index in [4.69, 9.17) is 9.47 Å². The summed E-state index contributed by atoms with van der Waals surface area (Å²) in [5, 5.41) is 0. The maximum Gasteiger partial charge on any atom is 0.162 e. The molecular formula is C25H31NO2. The molecule has 2 aromatic rings. The fourth-order valence-electron chi connectivity index (χ4n) is 4.68. The Balaban J connectivity index is 1.25. The molecule has 2 saturated carbocycles. The van der Waals surface area contributed by atoms with Gasteiger partial charge in [0.1, 0.15) is 6.61 Å². The summed E-state index contributed by atoms with van der Waals surface area (Å²) >= 11 is 0. The molecule has 0 radical (unpaired) electrons. The van der Waals surface area contributed by atoms with E-state index in [1.54, 1.807) is 0 Å². The second-order valence-corrected chi connectivity index (χ2v) is 8.77. The van der Waals surface area contributed by atoms with Crippen LogP contribution in [0.25, 0.3) is 0 Å². The number of ether oxygens (including phenoxy) is 2. The Morgan fingerprint density at radius 3 is 2.32 bits per heavy atom. The smallest absolute Gasteiger partial charge is 0.162 e. The second-order valence-electron chi connectivity index (χ2n) is 8.77. The van der Waals surface area contributed by atoms with Gasteiger partial charge in [0.15, 0.2) is 17.6 Å². The number of hydrogen-bond donors (Lipinski definition) is 0. The van der Waals surface area contributed by atoms with Crippen molar-refractivity contribution < 1.29 is 9.47 Å². The fourth-order valence-corrected chi connectivity index (χ4v) is 4.68. The van der Waals surface area contributed by atoms with Crippen molar-refractivity contribution in [3.8, 4) is 11.5 Å². The van der Waals surface area contributed by atoms with Crippen molar-refractivity contribution in [2.24, 2.45) is 5.92 Å². The minimum Gasteiger partial charge on any atom is -0.485 e. The molecule has 0 saturated heterocycles. The summed E-state index contributed by atoms with van der Waals surface area (Å²) in [6, 6.07) is 17.8. The summed E-state index contributed by atoms with van der Waals surface area (Å²) in [5.41, 5.74) is 2.62. The van der Waals surface area contributed by atoms with Crippen LogP contribution in [0.4, 0.5) is 0 Å². The molecule has 1 aliphatic heterocycles. The van der Waals surface area contributed by atoms with Crippen LogP contribution < -0.4 is 9.47 Å². The lowest BCUT2D eigenvalue weighted by molar-refractivity contribution is 0.0912. The first-order valence-corrected chi connectivity index (χ1v) is 11.1. The molecule has 2 aliphatic carbocycles. The maximum atomic E-state index is 6.16. The molecule has 0 bridgehead atoms. The second kappa shape index (κ2) is 8.16. The highest BCUT2D eigenvalue weighted by atomic mass is 16.6. The largest absolute Gasteiger partial charge is 0.485 e. The lowest BCUT2D eigenvalue weighted by Gasteiger charge is -2.34. The number of rotatable bonds is 6. The van der Waals surface area contributed by atoms with E-state index in [-0.39, 0.29) is 6.10 Å². The van der Waals surface area contributed by atoms with Crippen molar-refractivity contribution in [2.75, 3.05) is 13.2 Å². The van der Waals surface area contributed by atoms with Crippen molar-refractivity contribution in [3.05, 3.63) is 59.7 Å². The van der Waals surface area contributed by atoms with Crippen LogP contribution in [0.2, 0.25) is 0 Å². The fraction of sp³-hybridized carbons (Fsp3) is 0.520. The van der Waals surface area contributed by atoms with Gasteiger partial charge in [-0.2, -0.15) is 0 Å². The molecule has 0 amide bonds. The molecule has 1 atom stereocenters. The highest BCUT2D eigenvalue weighted by Crippen LogP contribution is 2.36. The maximum absolute atomic E-state index is 6.16. The van der Waals surface area contributed by atoms with E-state index in [0.717, 1.165) is 30.0 Å². The Bertz CT molecular complexity index is 777. The SMILES string of the molecule is c1ccc2c(c1)OC[C@H](c1ccc(CN(CC3CC3)C3CCCCC3)cc1)O2. The molecule has 3 aliphatic rings. The third-order valence-corrected chi connectivity index (χ3v) is 6.53. The van der Waals surface area contributed by atoms with Crippen LogP contribution >= 0.6 is 0 Å². The van der Waals surface area contributed by atoms with Gasteiger partial charge in [-0.15, -0.1) is 0 Å². The van der Waals surface area contributed by atoms with Crippen LogP contribution in [-0.2, 0) is 6.54 Å². The third-order valence-electron chi connectivity index (χ3n) is 6.53. The Morgan fingerprint density at radius 1 is 0.821 bits per heavy atom. The molecule has 2 fully saturated rings. The van der Waals surface area contributed by atoms with Crippen LogP contribution in [0.3, 0.4) is 0 Å². The standard InChI is InChI=1S/C25H31NO2/c1-2-6-22(7-3-1)26(16-19-10-11-19)17-20-12-14-21(15-13-20)25-18-27-23-8-4-5-9-24(23)28-25/h4-5,8-9,12-15,19,22,25H,1-3,6-7,10-11,16-18H2/t25-/m1/s1. The molecule has 3 heteroatoms. The van der Waals surface area contributed by atoms with Gasteiger partial charge in [0.2, 0.25) is 0 Å². The summed E-state index contributed by atoms with van der Waals surface area (Å²) in [6.07, 6.45) is 9.86. The van der Waals surface area contributed by atoms with E-state index >= 15 is 0 Å². The predicted octanol–water partition coefficient (Wildman–Crippen LogP) is 5.74. The normalized spacial score (nSPS) is 22.4. The Labute approximate surface area is 168 Å². The predicted molar refractivity (Wildman–Crippen MR) is 112 cm³/mol. The highest BCUT2D eigenvalue weighted by molar-refractivity contribution is 5.41. The molecule has 0 aromatic heterocycles. The van der Waals surface area contributed by atoms with Gasteiger partial charge in [0, 0.05) is 19.1 Å². The summed E-state index contributed by atoms with van der Waals surface area (Å²) in [7, 11) is 0. The number of benzene rings is 2. The molecule has 2 aromatic carbocycles. The Hall–Kier alpha value is -2.00. The molecule has 0 N–H and O–H groups in total. The van der Waals surface area contributed by atoms with Crippen LogP contribution in [0.1, 0.15) is 62.2 Å². The molecular weight excluding hydrogens is 346 g/mol. The van der Waals surface area contributed by atoms with E-state index in [2.05, 4.69) is 29.2 Å². The zero-order valence-corrected chi connectivity index (χ0v) is 16.7. The first-order chi connectivity index (χ1) is 13.8. The summed E-state index contributed by atoms with van der Waals surface area (Å²) < 4.78 is 12.0. The van der Waals surface area contributed by atoms with E-state index in [1.165, 1.54) is 62.6 Å². The topological polar surface area (TPSA) is 21.7 Å². The first kappa shape index (κ1) is 18.1. The van der Waals surface area contributed by atoms with E-state index in [0.29, 0.717) is 6.61 Å². The highest BCUT2D eigenvalue weighted by Gasteiger charge is 2.29. The monoisotopic (exact) mass is 377 g/mol. The number of hydrogen-bond acceptors (Lipinski definition) is 3. The molecule has 1 heterocycles. The lowest BCUT2D eigenvalue weighted by Crippen LogP contribution is -2.37. The molecule has 3 nitrogen and oxygen atoms in total. The van der Waals surface area contributed by atoms with Gasteiger partial charge in [-0.25, -0.2) is 0 Å². The minimum atomic E-state index is -0.0233. The molecule has 0 unspecified atom stereocenters. The third kappa shape index (κ3) is 4.20. The first-order valence-electron chi connectivity index (χ1n) is 11.1. The summed E-state index contributed by atoms with van der Waals surface area (Å²) in [4.78, 5) is 2.78. The Kier molecular flexibility index (Phi) is 5.26. The van der Waals surface area contributed by atoms with Gasteiger partial charge >= 0.3 is 0 Å². The van der Waals surface area contributed by atoms with Gasteiger partial charge in [-0.1, -0.05) is 55.7 Å². The number of nitrogens with zero attached hydrogens (tertiary/aromatic N) is 1. The van der Waals surface area contributed by atoms with E-state index in [1.807, 2.05) is 24.3 Å². The zero-order chi connectivity index (χ0) is 18.8. The molecule has 28 heavy (non-hydrogen) atoms. The minimum absolute atomic E-state index is 0.0233. The van der Waals surface area contributed by atoms with Crippen molar-refractivity contribution in [1.29, 1.82) is 0 Å². The summed E-state index contributed by atoms with van der Waals surface area (Å²) in [5.74, 6) is 2.64. The van der Waals surface area contributed by atoms with Crippen LogP contribution in [0, 0.1) is 5.92 Å². The van der Waals surface area contributed by atoms with Gasteiger partial charge < -0.3 is 9.47 Å². The van der Waals surface area contributed by atoms with E-state index in [9.17, 15) is 0 Å².